The maximum atomic E-state index is 13.1. The Bertz CT molecular complexity index is 2080. The molecule has 0 aliphatic carbocycles. The fourth-order valence-corrected chi connectivity index (χ4v) is 6.72. The van der Waals surface area contributed by atoms with Gasteiger partial charge in [-0.3, -0.25) is 14.0 Å². The second-order valence-electron chi connectivity index (χ2n) is 12.2. The Morgan fingerprint density at radius 2 is 1.69 bits per heavy atom. The van der Waals surface area contributed by atoms with Gasteiger partial charge in [0.25, 0.3) is 5.56 Å². The second kappa shape index (κ2) is 15.1. The normalized spacial score (nSPS) is 15.1. The smallest absolute Gasteiger partial charge is 0.261 e. The van der Waals surface area contributed by atoms with Crippen molar-refractivity contribution in [1.82, 2.24) is 30.3 Å². The van der Waals surface area contributed by atoms with Gasteiger partial charge < -0.3 is 25.8 Å². The average Bonchev–Trinajstić information content (AvgIpc) is 3.51. The van der Waals surface area contributed by atoms with Crippen LogP contribution in [0.5, 0.6) is 5.88 Å². The molecular weight excluding hydrogens is 663 g/mol. The van der Waals surface area contributed by atoms with Crippen LogP contribution in [0.3, 0.4) is 0 Å². The molecule has 6 rings (SSSR count). The Morgan fingerprint density at radius 3 is 2.39 bits per heavy atom. The van der Waals surface area contributed by atoms with Crippen molar-refractivity contribution in [1.29, 1.82) is 0 Å². The summed E-state index contributed by atoms with van der Waals surface area (Å²) in [5.41, 5.74) is 6.84. The number of aliphatic hydroxyl groups is 1. The minimum Gasteiger partial charge on any atom is -0.481 e. The number of aromatic nitrogens is 3. The molecule has 10 nitrogen and oxygen atoms in total. The summed E-state index contributed by atoms with van der Waals surface area (Å²) in [4.78, 5) is 34.2. The van der Waals surface area contributed by atoms with Crippen molar-refractivity contribution in [3.8, 4) is 39.4 Å². The highest BCUT2D eigenvalue weighted by atomic mass is 35.5. The first kappa shape index (κ1) is 34.5. The van der Waals surface area contributed by atoms with E-state index in [-0.39, 0.29) is 17.5 Å². The largest absolute Gasteiger partial charge is 0.481 e. The van der Waals surface area contributed by atoms with Gasteiger partial charge in [0.15, 0.2) is 0 Å². The van der Waals surface area contributed by atoms with Gasteiger partial charge in [0.1, 0.15) is 5.65 Å². The quantitative estimate of drug-likeness (QED) is 0.133. The van der Waals surface area contributed by atoms with E-state index in [1.807, 2.05) is 60.7 Å². The zero-order chi connectivity index (χ0) is 34.7. The number of halogens is 2. The summed E-state index contributed by atoms with van der Waals surface area (Å²) in [6.07, 6.45) is 2.59. The number of benzene rings is 2. The molecule has 1 aliphatic heterocycles. The van der Waals surface area contributed by atoms with E-state index in [1.54, 1.807) is 27.2 Å². The van der Waals surface area contributed by atoms with Gasteiger partial charge in [0.05, 0.1) is 34.6 Å². The van der Waals surface area contributed by atoms with Gasteiger partial charge in [0.2, 0.25) is 11.8 Å². The van der Waals surface area contributed by atoms with Gasteiger partial charge in [0, 0.05) is 78.2 Å². The number of carbonyl (C=O) groups excluding carboxylic acids is 1. The fourth-order valence-electron chi connectivity index (χ4n) is 6.05. The highest BCUT2D eigenvalue weighted by Gasteiger charge is 2.21. The maximum Gasteiger partial charge on any atom is 0.261 e. The molecule has 0 radical (unpaired) electrons. The molecule has 2 atom stereocenters. The van der Waals surface area contributed by atoms with Crippen molar-refractivity contribution in [3.05, 3.63) is 104 Å². The van der Waals surface area contributed by atoms with Crippen molar-refractivity contribution in [2.75, 3.05) is 20.2 Å². The number of ether oxygens (including phenoxy) is 1. The monoisotopic (exact) mass is 700 g/mol. The van der Waals surface area contributed by atoms with Gasteiger partial charge >= 0.3 is 0 Å². The van der Waals surface area contributed by atoms with Crippen LogP contribution in [0.1, 0.15) is 36.6 Å². The predicted octanol–water partition coefficient (Wildman–Crippen LogP) is 5.55. The van der Waals surface area contributed by atoms with Crippen LogP contribution in [0.15, 0.2) is 71.7 Å². The van der Waals surface area contributed by atoms with Crippen LogP contribution in [0.25, 0.3) is 39.2 Å². The standard InChI is InChI=1S/C37H38Cl2N6O4/c1-21(46)17-40-20-31-22(2)37(48)45-15-14-23(16-32(45)43-31)26-6-4-7-27(34(26)38)28-8-5-9-29(35(28)39)30-12-10-24(36(44-30)49-3)18-41-19-25-11-13-33(47)42-25/h4-10,12,14-16,21,25,40-41,46H,11,13,17-20H2,1-3H3,(H,42,47)/t21-,25-/m0/s1. The van der Waals surface area contributed by atoms with Crippen molar-refractivity contribution in [2.24, 2.45) is 0 Å². The first-order valence-electron chi connectivity index (χ1n) is 16.2. The molecule has 1 amide bonds. The van der Waals surface area contributed by atoms with Crippen LogP contribution in [-0.2, 0) is 17.9 Å². The molecule has 0 saturated carbocycles. The number of methoxy groups -OCH3 is 1. The molecule has 4 heterocycles. The zero-order valence-electron chi connectivity index (χ0n) is 27.5. The Hall–Kier alpha value is -4.32. The lowest BCUT2D eigenvalue weighted by molar-refractivity contribution is -0.119. The van der Waals surface area contributed by atoms with Crippen LogP contribution in [0.4, 0.5) is 0 Å². The highest BCUT2D eigenvalue weighted by Crippen LogP contribution is 2.42. The number of pyridine rings is 2. The molecule has 0 spiro atoms. The number of aliphatic hydroxyl groups excluding tert-OH is 1. The summed E-state index contributed by atoms with van der Waals surface area (Å²) in [6, 6.07) is 19.2. The van der Waals surface area contributed by atoms with E-state index >= 15 is 0 Å². The lowest BCUT2D eigenvalue weighted by Gasteiger charge is -2.16. The molecule has 12 heteroatoms. The number of fused-ring (bicyclic) bond motifs is 1. The van der Waals surface area contributed by atoms with E-state index in [4.69, 9.17) is 37.9 Å². The zero-order valence-corrected chi connectivity index (χ0v) is 29.0. The minimum absolute atomic E-state index is 0.0921. The number of hydrogen-bond donors (Lipinski definition) is 4. The van der Waals surface area contributed by atoms with E-state index in [0.717, 1.165) is 39.8 Å². The molecule has 3 aromatic heterocycles. The van der Waals surface area contributed by atoms with Crippen molar-refractivity contribution >= 4 is 34.8 Å². The van der Waals surface area contributed by atoms with Crippen LogP contribution in [0, 0.1) is 6.92 Å². The summed E-state index contributed by atoms with van der Waals surface area (Å²) in [5.74, 6) is 0.581. The maximum absolute atomic E-state index is 13.1. The molecule has 1 saturated heterocycles. The molecule has 1 aliphatic rings. The van der Waals surface area contributed by atoms with E-state index in [0.29, 0.717) is 71.1 Å². The Labute approximate surface area is 294 Å². The Morgan fingerprint density at radius 1 is 0.980 bits per heavy atom. The first-order chi connectivity index (χ1) is 23.6. The van der Waals surface area contributed by atoms with E-state index in [1.165, 1.54) is 4.40 Å². The molecule has 49 heavy (non-hydrogen) atoms. The van der Waals surface area contributed by atoms with E-state index in [9.17, 15) is 14.7 Å². The van der Waals surface area contributed by atoms with Crippen LogP contribution in [-0.4, -0.2) is 57.7 Å². The Balaban J connectivity index is 1.28. The Kier molecular flexibility index (Phi) is 10.6. The molecule has 0 bridgehead atoms. The minimum atomic E-state index is -0.510. The molecule has 0 unspecified atom stereocenters. The molecule has 254 valence electrons. The highest BCUT2D eigenvalue weighted by molar-refractivity contribution is 6.39. The number of nitrogens with zero attached hydrogens (tertiary/aromatic N) is 3. The third-order valence-corrected chi connectivity index (χ3v) is 9.50. The summed E-state index contributed by atoms with van der Waals surface area (Å²) in [7, 11) is 1.59. The fraction of sp³-hybridized carbons (Fsp3) is 0.297. The molecule has 5 aromatic rings. The average molecular weight is 702 g/mol. The molecule has 2 aromatic carbocycles. The lowest BCUT2D eigenvalue weighted by atomic mass is 9.97. The number of hydrogen-bond acceptors (Lipinski definition) is 8. The number of rotatable bonds is 12. The molecular formula is C37H38Cl2N6O4. The van der Waals surface area contributed by atoms with Crippen LogP contribution < -0.4 is 26.2 Å². The van der Waals surface area contributed by atoms with Crippen LogP contribution >= 0.6 is 23.2 Å². The van der Waals surface area contributed by atoms with Crippen molar-refractivity contribution < 1.29 is 14.6 Å². The van der Waals surface area contributed by atoms with Crippen molar-refractivity contribution in [3.63, 3.8) is 0 Å². The number of amides is 1. The number of carbonyl (C=O) groups is 1. The number of nitrogens with one attached hydrogen (secondary N) is 3. The summed E-state index contributed by atoms with van der Waals surface area (Å²) in [5, 5.41) is 20.1. The van der Waals surface area contributed by atoms with Gasteiger partial charge in [-0.15, -0.1) is 0 Å². The van der Waals surface area contributed by atoms with Gasteiger partial charge in [-0.1, -0.05) is 65.7 Å². The third-order valence-electron chi connectivity index (χ3n) is 8.69. The summed E-state index contributed by atoms with van der Waals surface area (Å²) in [6.45, 7) is 5.41. The third kappa shape index (κ3) is 7.49. The SMILES string of the molecule is COc1nc(-c2cccc(-c3cccc(-c4ccn5c(=O)c(C)c(CNC[C@H](C)O)nc5c4)c3Cl)c2Cl)ccc1CNC[C@@H]1CCC(=O)N1. The van der Waals surface area contributed by atoms with E-state index in [2.05, 4.69) is 16.0 Å². The molecule has 4 N–H and O–H groups in total. The predicted molar refractivity (Wildman–Crippen MR) is 193 cm³/mol. The van der Waals surface area contributed by atoms with Gasteiger partial charge in [-0.25, -0.2) is 9.97 Å². The topological polar surface area (TPSA) is 130 Å². The molecule has 1 fully saturated rings. The van der Waals surface area contributed by atoms with Gasteiger partial charge in [-0.2, -0.15) is 0 Å². The van der Waals surface area contributed by atoms with E-state index < -0.39 is 6.10 Å². The van der Waals surface area contributed by atoms with Gasteiger partial charge in [-0.05, 0) is 44.0 Å². The first-order valence-corrected chi connectivity index (χ1v) is 16.9. The second-order valence-corrected chi connectivity index (χ2v) is 13.0. The van der Waals surface area contributed by atoms with Crippen LogP contribution in [0.2, 0.25) is 10.0 Å². The summed E-state index contributed by atoms with van der Waals surface area (Å²) < 4.78 is 7.16. The van der Waals surface area contributed by atoms with Crippen molar-refractivity contribution in [2.45, 2.75) is 51.9 Å². The summed E-state index contributed by atoms with van der Waals surface area (Å²) >= 11 is 14.2. The lowest BCUT2D eigenvalue weighted by Crippen LogP contribution is -2.35.